The number of phenols is 2. The Balaban J connectivity index is 1.07. The van der Waals surface area contributed by atoms with E-state index < -0.39 is 11.0 Å². The molecule has 8 aliphatic carbocycles. The van der Waals surface area contributed by atoms with E-state index in [1.807, 2.05) is 19.3 Å². The quantitative estimate of drug-likeness (QED) is 0.0658. The Labute approximate surface area is 463 Å². The van der Waals surface area contributed by atoms with Gasteiger partial charge < -0.3 is 41.0 Å². The van der Waals surface area contributed by atoms with Crippen molar-refractivity contribution in [3.05, 3.63) is 123 Å². The predicted molar refractivity (Wildman–Crippen MR) is 307 cm³/mol. The molecule has 10 bridgehead atoms. The molecule has 12 rings (SSSR count). The molecule has 1 aliphatic heterocycles. The summed E-state index contributed by atoms with van der Waals surface area (Å²) < 4.78 is 13.7. The van der Waals surface area contributed by atoms with Crippen LogP contribution >= 0.6 is 0 Å². The molecule has 0 unspecified atom stereocenters. The lowest BCUT2D eigenvalue weighted by Crippen LogP contribution is -2.54. The number of aromatic hydroxyl groups is 2. The number of nitrogens with zero attached hydrogens (tertiary/aromatic N) is 1. The van der Waals surface area contributed by atoms with Gasteiger partial charge in [0, 0.05) is 60.9 Å². The molecule has 10 atom stereocenters. The first-order valence-electron chi connectivity index (χ1n) is 30.4. The number of methoxy groups -OCH3 is 1. The van der Waals surface area contributed by atoms with Crippen LogP contribution in [0.2, 0.25) is 0 Å². The van der Waals surface area contributed by atoms with Crippen LogP contribution in [0.25, 0.3) is 0 Å². The number of carbonyl (C=O) groups excluding carboxylic acids is 1. The van der Waals surface area contributed by atoms with Crippen LogP contribution in [0.15, 0.2) is 89.0 Å². The van der Waals surface area contributed by atoms with Gasteiger partial charge >= 0.3 is 0 Å². The summed E-state index contributed by atoms with van der Waals surface area (Å²) in [7, 11) is 1.86. The number of aliphatic hydroxyl groups is 2. The third kappa shape index (κ3) is 9.63. The molecule has 5 fully saturated rings. The molecule has 10 heteroatoms. The number of ether oxygens (including phenoxy) is 2. The maximum Gasteiger partial charge on any atom is 0.189 e. The predicted octanol–water partition coefficient (Wildman–Crippen LogP) is 12.1. The summed E-state index contributed by atoms with van der Waals surface area (Å²) >= 11 is 0. The molecule has 414 valence electrons. The Bertz CT molecular complexity index is 2940. The van der Waals surface area contributed by atoms with E-state index in [0.717, 1.165) is 132 Å². The average Bonchev–Trinajstić information content (AvgIpc) is 4.26. The highest BCUT2D eigenvalue weighted by atomic mass is 16.5. The Hall–Kier alpha value is -5.34. The Kier molecular flexibility index (Phi) is 15.0. The molecule has 78 heavy (non-hydrogen) atoms. The van der Waals surface area contributed by atoms with Crippen LogP contribution in [0.1, 0.15) is 199 Å². The van der Waals surface area contributed by atoms with Gasteiger partial charge in [-0.15, -0.1) is 0 Å². The fraction of sp³-hybridized carbons (Fsp3) is 0.588. The molecule has 0 amide bonds. The van der Waals surface area contributed by atoms with Gasteiger partial charge in [-0.05, 0) is 189 Å². The molecule has 10 nitrogen and oxygen atoms in total. The summed E-state index contributed by atoms with van der Waals surface area (Å²) in [6, 6.07) is 17.7. The summed E-state index contributed by atoms with van der Waals surface area (Å²) in [5, 5.41) is 50.4. The van der Waals surface area contributed by atoms with E-state index in [-0.39, 0.29) is 90.3 Å². The molecule has 1 heterocycles. The van der Waals surface area contributed by atoms with Gasteiger partial charge in [0.15, 0.2) is 23.2 Å². The minimum atomic E-state index is -0.401. The molecule has 0 radical (unpaired) electrons. The van der Waals surface area contributed by atoms with Crippen molar-refractivity contribution >= 4 is 11.7 Å². The molecule has 3 spiro atoms. The van der Waals surface area contributed by atoms with Gasteiger partial charge in [0.1, 0.15) is 5.75 Å². The van der Waals surface area contributed by atoms with E-state index in [4.69, 9.17) is 20.2 Å². The van der Waals surface area contributed by atoms with Crippen LogP contribution in [-0.2, 0) is 26.9 Å². The minimum absolute atomic E-state index is 0.0107. The standard InChI is InChI=1S/C68H85N3O7/c1-42-30-57-45-31-50(38-53(75)33-45)66(25-10-11-26-66)48-15-12-16-49(37-48)68(27-8-3-9-28-68)71-65(69)70-51-17-13-21-56-43(22-23-52(74)34-47(41-73)55-20-7-4-14-44(55)40-72)36-60(78-54-18-5-6-19-54)64(76)62(56)63-61-46(32-51)35-58(57)67(63,39-42)29-24-59(61)77-2/h4,12,14-16,31,33-38,42,44,46,51,54-55,57,59,61,63,72-73,75-76H,3,5-11,17-20,22-30,32,39-41H2,1-2H3,(H3,69,70,71)/b47-34+/t42-,44+,46-,51+,55-,57+,59+,61-,63-,67+/m0/s1. The molecule has 9 aliphatic rings. The third-order valence-corrected chi connectivity index (χ3v) is 21.3. The molecule has 7 N–H and O–H groups in total. The van der Waals surface area contributed by atoms with Crippen LogP contribution in [0.3, 0.4) is 0 Å². The summed E-state index contributed by atoms with van der Waals surface area (Å²) in [4.78, 5) is 19.9. The zero-order valence-electron chi connectivity index (χ0n) is 46.4. The number of carbonyl (C=O) groups is 1. The largest absolute Gasteiger partial charge is 0.508 e. The van der Waals surface area contributed by atoms with Gasteiger partial charge in [-0.25, -0.2) is 4.99 Å². The van der Waals surface area contributed by atoms with Crippen LogP contribution in [0.5, 0.6) is 17.2 Å². The van der Waals surface area contributed by atoms with E-state index in [9.17, 15) is 25.2 Å². The van der Waals surface area contributed by atoms with E-state index >= 15 is 0 Å². The molecular weight excluding hydrogens is 971 g/mol. The zero-order chi connectivity index (χ0) is 53.8. The van der Waals surface area contributed by atoms with E-state index in [0.29, 0.717) is 48.2 Å². The number of hydrogen-bond acceptors (Lipinski definition) is 10. The Morgan fingerprint density at radius 1 is 0.910 bits per heavy atom. The molecule has 0 saturated heterocycles. The summed E-state index contributed by atoms with van der Waals surface area (Å²) in [5.41, 5.74) is 15.7. The Morgan fingerprint density at radius 3 is 2.49 bits per heavy atom. The van der Waals surface area contributed by atoms with Gasteiger partial charge in [0.05, 0.1) is 30.4 Å². The fourth-order valence-electron chi connectivity index (χ4n) is 17.8. The normalized spacial score (nSPS) is 31.8. The number of allylic oxidation sites excluding steroid dienone is 4. The number of fused-ring (bicyclic) bond motifs is 10. The topological polar surface area (TPSA) is 167 Å². The van der Waals surface area contributed by atoms with Gasteiger partial charge in [-0.2, -0.15) is 0 Å². The summed E-state index contributed by atoms with van der Waals surface area (Å²) in [6.07, 6.45) is 28.6. The Morgan fingerprint density at radius 2 is 1.71 bits per heavy atom. The first kappa shape index (κ1) is 53.3. The number of aliphatic imine (C=N–C) groups is 1. The van der Waals surface area contributed by atoms with Gasteiger partial charge in [0.2, 0.25) is 0 Å². The SMILES string of the molecule is CO[C@@H]1CC[C@@]23C[C@@H](C)C[C@H]4C2=C[C@@H]2C[C@@H](CC#Cc5c(CCC(=O)/C=C(\CO)[C@H]6CCC=C[C@@H]6CO)cc(OC6CCCC6)c(O)c5[C@@H]3[C@@H]21)N=C(N)NC1(CCCCC1)c1cccc(c1)C1(CCCC1)c1cc(O)cc4c1. The van der Waals surface area contributed by atoms with Crippen molar-refractivity contribution in [1.29, 1.82) is 0 Å². The lowest BCUT2D eigenvalue weighted by molar-refractivity contribution is -0.114. The van der Waals surface area contributed by atoms with Crippen molar-refractivity contribution in [1.82, 2.24) is 5.32 Å². The average molecular weight is 1060 g/mol. The van der Waals surface area contributed by atoms with Gasteiger partial charge in [-0.3, -0.25) is 4.79 Å². The number of aryl methyl sites for hydroxylation is 1. The maximum atomic E-state index is 14.3. The van der Waals surface area contributed by atoms with Gasteiger partial charge in [-0.1, -0.05) is 105 Å². The monoisotopic (exact) mass is 1060 g/mol. The molecule has 5 saturated carbocycles. The van der Waals surface area contributed by atoms with Crippen molar-refractivity contribution in [2.75, 3.05) is 20.3 Å². The fourth-order valence-corrected chi connectivity index (χ4v) is 17.8. The number of phenolic OH excluding ortho intramolecular Hbond substituents is 2. The van der Waals surface area contributed by atoms with E-state index in [2.05, 4.69) is 78.7 Å². The number of guanidine groups is 1. The minimum Gasteiger partial charge on any atom is -0.508 e. The third-order valence-electron chi connectivity index (χ3n) is 21.3. The second kappa shape index (κ2) is 22.0. The van der Waals surface area contributed by atoms with Crippen LogP contribution in [0, 0.1) is 46.8 Å². The molecule has 3 aromatic rings. The zero-order valence-corrected chi connectivity index (χ0v) is 46.4. The first-order chi connectivity index (χ1) is 37.9. The number of nitrogens with one attached hydrogen (secondary N) is 1. The van der Waals surface area contributed by atoms with Crippen molar-refractivity contribution < 1.29 is 34.7 Å². The summed E-state index contributed by atoms with van der Waals surface area (Å²) in [5.74, 6) is 8.49. The van der Waals surface area contributed by atoms with Crippen molar-refractivity contribution in [2.45, 2.75) is 196 Å². The number of aliphatic hydroxyl groups excluding tert-OH is 2. The molecular formula is C68H85N3O7. The van der Waals surface area contributed by atoms with Crippen molar-refractivity contribution in [3.63, 3.8) is 0 Å². The first-order valence-corrected chi connectivity index (χ1v) is 30.4. The van der Waals surface area contributed by atoms with Crippen molar-refractivity contribution in [2.24, 2.45) is 45.7 Å². The highest BCUT2D eigenvalue weighted by Gasteiger charge is 2.61. The van der Waals surface area contributed by atoms with Crippen LogP contribution in [-0.4, -0.2) is 70.7 Å². The van der Waals surface area contributed by atoms with E-state index in [1.165, 1.54) is 34.2 Å². The van der Waals surface area contributed by atoms with E-state index in [1.54, 1.807) is 6.08 Å². The lowest BCUT2D eigenvalue weighted by Gasteiger charge is -2.62. The lowest BCUT2D eigenvalue weighted by atomic mass is 9.43. The van der Waals surface area contributed by atoms with Gasteiger partial charge in [0.25, 0.3) is 0 Å². The highest BCUT2D eigenvalue weighted by Crippen LogP contribution is 2.70. The molecule has 0 aromatic heterocycles. The number of ketones is 1. The number of rotatable bonds is 10. The number of nitrogens with two attached hydrogens (primary N) is 1. The number of hydrogen-bond donors (Lipinski definition) is 6. The van der Waals surface area contributed by atoms with Crippen LogP contribution < -0.4 is 15.8 Å². The number of benzene rings is 3. The second-order valence-corrected chi connectivity index (χ2v) is 25.8. The summed E-state index contributed by atoms with van der Waals surface area (Å²) in [6.45, 7) is 2.12. The molecule has 3 aromatic carbocycles. The highest BCUT2D eigenvalue weighted by molar-refractivity contribution is 5.90. The second-order valence-electron chi connectivity index (χ2n) is 25.8. The van der Waals surface area contributed by atoms with Crippen molar-refractivity contribution in [3.8, 4) is 29.1 Å². The smallest absolute Gasteiger partial charge is 0.189 e. The maximum absolute atomic E-state index is 14.3. The van der Waals surface area contributed by atoms with Crippen LogP contribution in [0.4, 0.5) is 0 Å².